The lowest BCUT2D eigenvalue weighted by Gasteiger charge is -2.27. The first-order valence-corrected chi connectivity index (χ1v) is 9.46. The number of para-hydroxylation sites is 1. The molecule has 0 saturated heterocycles. The molecular formula is C23H19N5O. The molecule has 0 saturated carbocycles. The van der Waals surface area contributed by atoms with Gasteiger partial charge in [0.05, 0.1) is 12.1 Å². The summed E-state index contributed by atoms with van der Waals surface area (Å²) in [4.78, 5) is 16.9. The van der Waals surface area contributed by atoms with Crippen molar-refractivity contribution in [1.82, 2.24) is 20.1 Å². The molecule has 0 spiro atoms. The van der Waals surface area contributed by atoms with Gasteiger partial charge in [0.25, 0.3) is 5.91 Å². The molecule has 0 aliphatic carbocycles. The van der Waals surface area contributed by atoms with E-state index >= 15 is 0 Å². The first-order valence-electron chi connectivity index (χ1n) is 9.46. The van der Waals surface area contributed by atoms with Crippen LogP contribution in [0.2, 0.25) is 0 Å². The van der Waals surface area contributed by atoms with Gasteiger partial charge in [-0.15, -0.1) is 0 Å². The van der Waals surface area contributed by atoms with E-state index in [0.717, 1.165) is 28.1 Å². The third-order valence-electron chi connectivity index (χ3n) is 4.97. The van der Waals surface area contributed by atoms with Gasteiger partial charge < -0.3 is 10.6 Å². The maximum atomic E-state index is 12.6. The normalized spacial score (nSPS) is 15.3. The third-order valence-corrected chi connectivity index (χ3v) is 4.97. The molecule has 6 nitrogen and oxygen atoms in total. The Balaban J connectivity index is 1.55. The molecule has 3 heterocycles. The second-order valence-electron chi connectivity index (χ2n) is 6.95. The Morgan fingerprint density at radius 2 is 1.76 bits per heavy atom. The standard InChI is InChI=1S/C23H19N5O/c29-23-18-10-4-5-11-20(18)25-22(26-23)19-15-28(14-16-7-2-1-3-8-16)27-21(19)17-9-6-12-24-13-17/h1-13,15,22,25H,14H2,(H,26,29)/t22-/m1/s1. The summed E-state index contributed by atoms with van der Waals surface area (Å²) >= 11 is 0. The molecular weight excluding hydrogens is 362 g/mol. The van der Waals surface area contributed by atoms with Crippen molar-refractivity contribution in [3.63, 3.8) is 0 Å². The average Bonchev–Trinajstić information content (AvgIpc) is 3.19. The van der Waals surface area contributed by atoms with E-state index < -0.39 is 0 Å². The second-order valence-corrected chi connectivity index (χ2v) is 6.95. The Kier molecular flexibility index (Phi) is 4.29. The molecule has 5 rings (SSSR count). The lowest BCUT2D eigenvalue weighted by atomic mass is 10.0. The number of anilines is 1. The quantitative estimate of drug-likeness (QED) is 0.563. The number of rotatable bonds is 4. The molecule has 0 bridgehead atoms. The van der Waals surface area contributed by atoms with E-state index in [4.69, 9.17) is 5.10 Å². The molecule has 1 atom stereocenters. The van der Waals surface area contributed by atoms with E-state index in [2.05, 4.69) is 27.8 Å². The van der Waals surface area contributed by atoms with E-state index in [-0.39, 0.29) is 12.1 Å². The molecule has 0 radical (unpaired) electrons. The molecule has 0 fully saturated rings. The zero-order valence-corrected chi connectivity index (χ0v) is 15.6. The Bertz CT molecular complexity index is 1150. The fourth-order valence-corrected chi connectivity index (χ4v) is 3.59. The number of benzene rings is 2. The predicted molar refractivity (Wildman–Crippen MR) is 111 cm³/mol. The van der Waals surface area contributed by atoms with Crippen molar-refractivity contribution in [2.75, 3.05) is 5.32 Å². The largest absolute Gasteiger partial charge is 0.361 e. The Hall–Kier alpha value is -3.93. The number of carbonyl (C=O) groups is 1. The Labute approximate surface area is 168 Å². The topological polar surface area (TPSA) is 71.8 Å². The number of hydrogen-bond donors (Lipinski definition) is 2. The number of carbonyl (C=O) groups excluding carboxylic acids is 1. The highest BCUT2D eigenvalue weighted by molar-refractivity contribution is 6.01. The second kappa shape index (κ2) is 7.24. The van der Waals surface area contributed by atoms with Gasteiger partial charge in [-0.3, -0.25) is 14.5 Å². The minimum absolute atomic E-state index is 0.0997. The average molecular weight is 381 g/mol. The van der Waals surface area contributed by atoms with Crippen molar-refractivity contribution >= 4 is 11.6 Å². The summed E-state index contributed by atoms with van der Waals surface area (Å²) in [5.74, 6) is -0.0997. The first kappa shape index (κ1) is 17.2. The van der Waals surface area contributed by atoms with Crippen LogP contribution < -0.4 is 10.6 Å². The highest BCUT2D eigenvalue weighted by Gasteiger charge is 2.28. The fraction of sp³-hybridized carbons (Fsp3) is 0.0870. The van der Waals surface area contributed by atoms with Crippen LogP contribution in [0.3, 0.4) is 0 Å². The lowest BCUT2D eigenvalue weighted by molar-refractivity contribution is 0.0936. The van der Waals surface area contributed by atoms with Crippen LogP contribution in [0, 0.1) is 0 Å². The van der Waals surface area contributed by atoms with Gasteiger partial charge in [0.15, 0.2) is 0 Å². The van der Waals surface area contributed by atoms with Crippen LogP contribution >= 0.6 is 0 Å². The summed E-state index contributed by atoms with van der Waals surface area (Å²) in [6.45, 7) is 0.644. The third kappa shape index (κ3) is 3.36. The molecule has 4 aromatic rings. The van der Waals surface area contributed by atoms with Gasteiger partial charge in [0.1, 0.15) is 11.9 Å². The molecule has 29 heavy (non-hydrogen) atoms. The van der Waals surface area contributed by atoms with Gasteiger partial charge in [-0.25, -0.2) is 0 Å². The summed E-state index contributed by atoms with van der Waals surface area (Å²) < 4.78 is 1.90. The van der Waals surface area contributed by atoms with Crippen molar-refractivity contribution < 1.29 is 4.79 Å². The summed E-state index contributed by atoms with van der Waals surface area (Å²) in [6, 6.07) is 21.5. The van der Waals surface area contributed by atoms with Crippen molar-refractivity contribution in [3.8, 4) is 11.3 Å². The summed E-state index contributed by atoms with van der Waals surface area (Å²) in [5, 5.41) is 11.3. The SMILES string of the molecule is O=C1N[C@H](c2cn(Cc3ccccc3)nc2-c2cccnc2)Nc2ccccc21. The van der Waals surface area contributed by atoms with Gasteiger partial charge in [-0.05, 0) is 29.8 Å². The van der Waals surface area contributed by atoms with Crippen molar-refractivity contribution in [3.05, 3.63) is 102 Å². The molecule has 6 heteroatoms. The Morgan fingerprint density at radius 3 is 2.59 bits per heavy atom. The minimum Gasteiger partial charge on any atom is -0.361 e. The summed E-state index contributed by atoms with van der Waals surface area (Å²) in [6.07, 6.45) is 5.14. The predicted octanol–water partition coefficient (Wildman–Crippen LogP) is 3.85. The van der Waals surface area contributed by atoms with Gasteiger partial charge >= 0.3 is 0 Å². The van der Waals surface area contributed by atoms with Crippen LogP contribution in [0.5, 0.6) is 0 Å². The summed E-state index contributed by atoms with van der Waals surface area (Å²) in [7, 11) is 0. The molecule has 1 aliphatic rings. The molecule has 142 valence electrons. The zero-order valence-electron chi connectivity index (χ0n) is 15.6. The van der Waals surface area contributed by atoms with Gasteiger partial charge in [0.2, 0.25) is 0 Å². The lowest BCUT2D eigenvalue weighted by Crippen LogP contribution is -2.38. The smallest absolute Gasteiger partial charge is 0.255 e. The van der Waals surface area contributed by atoms with Crippen LogP contribution in [0.1, 0.15) is 27.7 Å². The monoisotopic (exact) mass is 381 g/mol. The Morgan fingerprint density at radius 1 is 0.931 bits per heavy atom. The van der Waals surface area contributed by atoms with Gasteiger partial charge in [-0.2, -0.15) is 5.10 Å². The number of fused-ring (bicyclic) bond motifs is 1. The fourth-order valence-electron chi connectivity index (χ4n) is 3.59. The van der Waals surface area contributed by atoms with Crippen LogP contribution in [0.4, 0.5) is 5.69 Å². The van der Waals surface area contributed by atoms with E-state index in [9.17, 15) is 4.79 Å². The molecule has 1 amide bonds. The van der Waals surface area contributed by atoms with E-state index in [1.807, 2.05) is 65.5 Å². The number of aromatic nitrogens is 3. The van der Waals surface area contributed by atoms with Crippen molar-refractivity contribution in [2.24, 2.45) is 0 Å². The number of amides is 1. The van der Waals surface area contributed by atoms with Crippen LogP contribution in [0.15, 0.2) is 85.3 Å². The van der Waals surface area contributed by atoms with Crippen LogP contribution in [0.25, 0.3) is 11.3 Å². The van der Waals surface area contributed by atoms with E-state index in [1.54, 1.807) is 12.4 Å². The number of pyridine rings is 1. The number of nitrogens with zero attached hydrogens (tertiary/aromatic N) is 3. The molecule has 0 unspecified atom stereocenters. The highest BCUT2D eigenvalue weighted by atomic mass is 16.2. The van der Waals surface area contributed by atoms with Gasteiger partial charge in [-0.1, -0.05) is 42.5 Å². The minimum atomic E-state index is -0.378. The maximum Gasteiger partial charge on any atom is 0.255 e. The van der Waals surface area contributed by atoms with Crippen LogP contribution in [-0.4, -0.2) is 20.7 Å². The molecule has 2 N–H and O–H groups in total. The highest BCUT2D eigenvalue weighted by Crippen LogP contribution is 2.31. The van der Waals surface area contributed by atoms with Gasteiger partial charge in [0, 0.05) is 35.4 Å². The molecule has 2 aromatic heterocycles. The zero-order chi connectivity index (χ0) is 19.6. The van der Waals surface area contributed by atoms with Crippen molar-refractivity contribution in [2.45, 2.75) is 12.7 Å². The first-order chi connectivity index (χ1) is 14.3. The number of nitrogens with one attached hydrogen (secondary N) is 2. The summed E-state index contributed by atoms with van der Waals surface area (Å²) in [5.41, 5.74) is 5.22. The maximum absolute atomic E-state index is 12.6. The van der Waals surface area contributed by atoms with E-state index in [0.29, 0.717) is 12.1 Å². The molecule has 1 aliphatic heterocycles. The number of hydrogen-bond acceptors (Lipinski definition) is 4. The van der Waals surface area contributed by atoms with Crippen LogP contribution in [-0.2, 0) is 6.54 Å². The molecule has 2 aromatic carbocycles. The van der Waals surface area contributed by atoms with E-state index in [1.165, 1.54) is 0 Å². The van der Waals surface area contributed by atoms with Crippen molar-refractivity contribution in [1.29, 1.82) is 0 Å².